The predicted octanol–water partition coefficient (Wildman–Crippen LogP) is 6.30. The molecule has 2 heterocycles. The Hall–Kier alpha value is -6.74. The summed E-state index contributed by atoms with van der Waals surface area (Å²) in [4.78, 5) is 41.3. The van der Waals surface area contributed by atoms with Crippen LogP contribution in [0.5, 0.6) is 0 Å². The van der Waals surface area contributed by atoms with Crippen LogP contribution < -0.4 is 20.1 Å². The molecule has 1 aliphatic carbocycles. The number of carbonyl (C=O) groups excluding carboxylic acids is 2. The lowest BCUT2D eigenvalue weighted by Gasteiger charge is -2.23. The first-order valence-electron chi connectivity index (χ1n) is 17.9. The molecule has 58 heavy (non-hydrogen) atoms. The lowest BCUT2D eigenvalue weighted by Crippen LogP contribution is -2.27. The SMILES string of the molecule is O=C1c2cccc(NCCCNS(=O)(=O)c3ccc(/N=N/c4ncc[nH]4)cc3)c2C(=O)c2c(NCCCNS(=O)(=O)c3ccc(/N=N/c4ncc[nH]4)cc3)cccc21. The van der Waals surface area contributed by atoms with E-state index in [2.05, 4.69) is 60.5 Å². The van der Waals surface area contributed by atoms with Crippen molar-refractivity contribution in [2.45, 2.75) is 22.6 Å². The number of aromatic amines is 2. The molecule has 6 N–H and O–H groups in total. The summed E-state index contributed by atoms with van der Waals surface area (Å²) >= 11 is 0. The quantitative estimate of drug-likeness (QED) is 0.0416. The van der Waals surface area contributed by atoms with Gasteiger partial charge in [-0.3, -0.25) is 9.59 Å². The van der Waals surface area contributed by atoms with E-state index < -0.39 is 20.0 Å². The summed E-state index contributed by atoms with van der Waals surface area (Å²) in [5.74, 6) is -0.00558. The van der Waals surface area contributed by atoms with Crippen molar-refractivity contribution in [3.8, 4) is 0 Å². The molecule has 0 radical (unpaired) electrons. The van der Waals surface area contributed by atoms with E-state index in [0.717, 1.165) is 0 Å². The molecule has 0 atom stereocenters. The zero-order valence-corrected chi connectivity index (χ0v) is 32.2. The van der Waals surface area contributed by atoms with Gasteiger partial charge in [0.1, 0.15) is 0 Å². The number of H-pyrrole nitrogens is 2. The van der Waals surface area contributed by atoms with Gasteiger partial charge in [-0.1, -0.05) is 24.3 Å². The average Bonchev–Trinajstić information content (AvgIpc) is 3.97. The van der Waals surface area contributed by atoms with Crippen LogP contribution >= 0.6 is 0 Å². The molecule has 20 heteroatoms. The van der Waals surface area contributed by atoms with Crippen molar-refractivity contribution >= 4 is 66.3 Å². The number of rotatable bonds is 18. The highest BCUT2D eigenvalue weighted by Gasteiger charge is 2.33. The summed E-state index contributed by atoms with van der Waals surface area (Å²) in [7, 11) is -7.61. The fraction of sp³-hybridized carbons (Fsp3) is 0.158. The molecule has 296 valence electrons. The molecule has 2 aromatic heterocycles. The number of fused-ring (bicyclic) bond motifs is 2. The van der Waals surface area contributed by atoms with E-state index in [1.165, 1.54) is 48.5 Å². The summed E-state index contributed by atoms with van der Waals surface area (Å²) < 4.78 is 56.7. The Bertz CT molecular complexity index is 2500. The first-order chi connectivity index (χ1) is 28.1. The molecule has 0 unspecified atom stereocenters. The fourth-order valence-corrected chi connectivity index (χ4v) is 8.11. The zero-order valence-electron chi connectivity index (χ0n) is 30.6. The molecule has 0 saturated carbocycles. The molecule has 0 spiro atoms. The maximum Gasteiger partial charge on any atom is 0.246 e. The number of nitrogens with one attached hydrogen (secondary N) is 6. The zero-order chi connectivity index (χ0) is 40.5. The number of aromatic nitrogens is 4. The highest BCUT2D eigenvalue weighted by Crippen LogP contribution is 2.35. The highest BCUT2D eigenvalue weighted by atomic mass is 32.2. The van der Waals surface area contributed by atoms with Crippen molar-refractivity contribution in [2.75, 3.05) is 36.8 Å². The van der Waals surface area contributed by atoms with Crippen LogP contribution in [0.2, 0.25) is 0 Å². The van der Waals surface area contributed by atoms with Gasteiger partial charge in [0, 0.05) is 73.5 Å². The van der Waals surface area contributed by atoms with E-state index in [1.54, 1.807) is 61.2 Å². The molecule has 6 aromatic rings. The molecular weight excluding hydrogens is 785 g/mol. The first-order valence-corrected chi connectivity index (χ1v) is 20.9. The van der Waals surface area contributed by atoms with Crippen molar-refractivity contribution in [1.82, 2.24) is 29.4 Å². The number of ketones is 2. The van der Waals surface area contributed by atoms with Crippen molar-refractivity contribution < 1.29 is 26.4 Å². The summed E-state index contributed by atoms with van der Waals surface area (Å²) in [6.45, 7) is 0.819. The van der Waals surface area contributed by atoms with Crippen LogP contribution in [0.3, 0.4) is 0 Å². The maximum atomic E-state index is 14.0. The van der Waals surface area contributed by atoms with Gasteiger partial charge in [0.25, 0.3) is 0 Å². The molecule has 1 aliphatic rings. The minimum Gasteiger partial charge on any atom is -0.384 e. The van der Waals surface area contributed by atoms with Gasteiger partial charge >= 0.3 is 0 Å². The minimum atomic E-state index is -3.81. The Labute approximate surface area is 332 Å². The molecule has 0 bridgehead atoms. The number of anilines is 2. The van der Waals surface area contributed by atoms with E-state index in [-0.39, 0.29) is 56.7 Å². The summed E-state index contributed by atoms with van der Waals surface area (Å²) in [5.41, 5.74) is 2.77. The molecule has 0 amide bonds. The summed E-state index contributed by atoms with van der Waals surface area (Å²) in [6.07, 6.45) is 7.05. The van der Waals surface area contributed by atoms with Gasteiger partial charge in [-0.25, -0.2) is 36.2 Å². The van der Waals surface area contributed by atoms with Crippen LogP contribution in [0, 0.1) is 0 Å². The third-order valence-corrected chi connectivity index (χ3v) is 11.7. The Morgan fingerprint density at radius 1 is 0.517 bits per heavy atom. The number of azo groups is 2. The van der Waals surface area contributed by atoms with Crippen LogP contribution in [0.25, 0.3) is 0 Å². The van der Waals surface area contributed by atoms with Gasteiger partial charge in [-0.05, 0) is 73.5 Å². The van der Waals surface area contributed by atoms with Gasteiger partial charge in [-0.15, -0.1) is 20.5 Å². The number of imidazole rings is 2. The third kappa shape index (κ3) is 9.27. The molecular formula is C38H36N12O6S2. The van der Waals surface area contributed by atoms with Gasteiger partial charge in [0.15, 0.2) is 11.6 Å². The predicted molar refractivity (Wildman–Crippen MR) is 215 cm³/mol. The molecule has 18 nitrogen and oxygen atoms in total. The van der Waals surface area contributed by atoms with E-state index in [1.807, 2.05) is 0 Å². The van der Waals surface area contributed by atoms with Crippen LogP contribution in [-0.2, 0) is 20.0 Å². The fourth-order valence-electron chi connectivity index (χ4n) is 5.96. The van der Waals surface area contributed by atoms with Gasteiger partial charge < -0.3 is 20.6 Å². The van der Waals surface area contributed by atoms with E-state index in [0.29, 0.717) is 60.6 Å². The lowest BCUT2D eigenvalue weighted by atomic mass is 9.82. The topological polar surface area (TPSA) is 257 Å². The molecule has 7 rings (SSSR count). The van der Waals surface area contributed by atoms with E-state index >= 15 is 0 Å². The number of carbonyl (C=O) groups is 2. The van der Waals surface area contributed by atoms with Crippen molar-refractivity contribution in [3.05, 3.63) is 132 Å². The summed E-state index contributed by atoms with van der Waals surface area (Å²) in [6, 6.07) is 21.8. The second kappa shape index (κ2) is 17.6. The maximum absolute atomic E-state index is 14.0. The Balaban J connectivity index is 0.911. The van der Waals surface area contributed by atoms with E-state index in [9.17, 15) is 26.4 Å². The van der Waals surface area contributed by atoms with Crippen LogP contribution in [0.4, 0.5) is 34.6 Å². The number of nitrogens with zero attached hydrogens (tertiary/aromatic N) is 6. The number of sulfonamides is 2. The summed E-state index contributed by atoms with van der Waals surface area (Å²) in [5, 5.41) is 22.3. The molecule has 0 saturated heterocycles. The number of hydrogen-bond donors (Lipinski definition) is 6. The molecule has 4 aromatic carbocycles. The second-order valence-corrected chi connectivity index (χ2v) is 16.2. The van der Waals surface area contributed by atoms with Crippen molar-refractivity contribution in [2.24, 2.45) is 20.5 Å². The average molecular weight is 821 g/mol. The third-order valence-electron chi connectivity index (χ3n) is 8.78. The smallest absolute Gasteiger partial charge is 0.246 e. The molecule has 0 fully saturated rings. The second-order valence-electron chi connectivity index (χ2n) is 12.7. The normalized spacial score (nSPS) is 12.9. The van der Waals surface area contributed by atoms with Crippen LogP contribution in [-0.4, -0.2) is 74.5 Å². The van der Waals surface area contributed by atoms with Gasteiger partial charge in [0.05, 0.1) is 32.3 Å². The number of benzene rings is 4. The Morgan fingerprint density at radius 3 is 1.34 bits per heavy atom. The highest BCUT2D eigenvalue weighted by molar-refractivity contribution is 7.89. The largest absolute Gasteiger partial charge is 0.384 e. The lowest BCUT2D eigenvalue weighted by molar-refractivity contribution is 0.0980. The minimum absolute atomic E-state index is 0.0660. The standard InChI is InChI=1S/C38H36N12O6S2/c51-35-29-5-1-7-31(39-17-3-19-45-57(53,54)27-13-9-25(10-14-27)47-49-37-41-21-22-42-37)33(29)36(52)34-30(35)6-2-8-32(34)40-18-4-20-46-58(55,56)28-15-11-26(12-16-28)48-50-38-43-23-24-44-38/h1-2,5-16,21-24,39-40,45-46H,3-4,17-20H2,(H,41,42)(H,43,44)/b49-47+,50-48+. The monoisotopic (exact) mass is 820 g/mol. The molecule has 0 aliphatic heterocycles. The van der Waals surface area contributed by atoms with Gasteiger partial charge in [0.2, 0.25) is 31.9 Å². The number of hydrogen-bond acceptors (Lipinski definition) is 14. The van der Waals surface area contributed by atoms with Crippen molar-refractivity contribution in [3.63, 3.8) is 0 Å². The van der Waals surface area contributed by atoms with Gasteiger partial charge in [-0.2, -0.15) is 0 Å². The Morgan fingerprint density at radius 2 is 0.948 bits per heavy atom. The first kappa shape index (κ1) is 39.5. The van der Waals surface area contributed by atoms with Crippen molar-refractivity contribution in [1.29, 1.82) is 0 Å². The van der Waals surface area contributed by atoms with Crippen LogP contribution in [0.15, 0.2) is 140 Å². The van der Waals surface area contributed by atoms with E-state index in [4.69, 9.17) is 0 Å². The Kier molecular flexibility index (Phi) is 12.0. The van der Waals surface area contributed by atoms with Crippen LogP contribution in [0.1, 0.15) is 44.7 Å².